The summed E-state index contributed by atoms with van der Waals surface area (Å²) < 4.78 is 11.2. The van der Waals surface area contributed by atoms with E-state index in [2.05, 4.69) is 0 Å². The van der Waals surface area contributed by atoms with Gasteiger partial charge >= 0.3 is 0 Å². The van der Waals surface area contributed by atoms with Crippen LogP contribution in [0.5, 0.6) is 5.75 Å². The van der Waals surface area contributed by atoms with Crippen molar-refractivity contribution >= 4 is 11.6 Å². The van der Waals surface area contributed by atoms with E-state index in [0.717, 1.165) is 41.3 Å². The molecule has 0 aliphatic carbocycles. The van der Waals surface area contributed by atoms with Gasteiger partial charge in [-0.3, -0.25) is 0 Å². The van der Waals surface area contributed by atoms with Gasteiger partial charge in [-0.05, 0) is 36.6 Å². The third-order valence-corrected chi connectivity index (χ3v) is 4.40. The van der Waals surface area contributed by atoms with Gasteiger partial charge in [0.1, 0.15) is 5.75 Å². The number of hydrogen-bond acceptors (Lipinski definition) is 3. The van der Waals surface area contributed by atoms with Gasteiger partial charge in [0, 0.05) is 30.4 Å². The zero-order chi connectivity index (χ0) is 13.4. The van der Waals surface area contributed by atoms with Gasteiger partial charge in [0.25, 0.3) is 0 Å². The first-order valence-corrected chi connectivity index (χ1v) is 7.26. The Morgan fingerprint density at radius 2 is 2.26 bits per heavy atom. The van der Waals surface area contributed by atoms with E-state index < -0.39 is 6.10 Å². The molecule has 0 aromatic heterocycles. The van der Waals surface area contributed by atoms with Crippen molar-refractivity contribution in [3.05, 3.63) is 28.3 Å². The van der Waals surface area contributed by atoms with Crippen LogP contribution in [0.4, 0.5) is 0 Å². The van der Waals surface area contributed by atoms with E-state index in [4.69, 9.17) is 21.1 Å². The van der Waals surface area contributed by atoms with Crippen LogP contribution in [-0.4, -0.2) is 30.5 Å². The molecule has 2 heterocycles. The van der Waals surface area contributed by atoms with Crippen LogP contribution in [0.2, 0.25) is 5.02 Å². The lowest BCUT2D eigenvalue weighted by molar-refractivity contribution is 0.0438. The number of rotatable bonds is 3. The molecule has 0 spiro atoms. The van der Waals surface area contributed by atoms with Gasteiger partial charge in [-0.15, -0.1) is 0 Å². The molecule has 4 heteroatoms. The Balaban J connectivity index is 1.79. The summed E-state index contributed by atoms with van der Waals surface area (Å²) in [4.78, 5) is 0. The van der Waals surface area contributed by atoms with Crippen LogP contribution < -0.4 is 4.74 Å². The zero-order valence-electron chi connectivity index (χ0n) is 11.1. The monoisotopic (exact) mass is 282 g/mol. The topological polar surface area (TPSA) is 38.7 Å². The molecule has 3 rings (SSSR count). The second-order valence-electron chi connectivity index (χ2n) is 5.45. The van der Waals surface area contributed by atoms with Gasteiger partial charge in [0.15, 0.2) is 0 Å². The van der Waals surface area contributed by atoms with Crippen LogP contribution in [0.15, 0.2) is 12.1 Å². The second-order valence-corrected chi connectivity index (χ2v) is 5.89. The smallest absolute Gasteiger partial charge is 0.126 e. The van der Waals surface area contributed by atoms with E-state index in [1.54, 1.807) is 0 Å². The predicted molar refractivity (Wildman–Crippen MR) is 73.9 cm³/mol. The lowest BCUT2D eigenvalue weighted by Gasteiger charge is -2.21. The summed E-state index contributed by atoms with van der Waals surface area (Å²) in [7, 11) is 0. The Labute approximate surface area is 118 Å². The van der Waals surface area contributed by atoms with E-state index >= 15 is 0 Å². The average molecular weight is 283 g/mol. The maximum Gasteiger partial charge on any atom is 0.126 e. The van der Waals surface area contributed by atoms with Crippen molar-refractivity contribution in [3.63, 3.8) is 0 Å². The first-order valence-electron chi connectivity index (χ1n) is 6.89. The highest BCUT2D eigenvalue weighted by Gasteiger charge is 2.31. The van der Waals surface area contributed by atoms with Crippen LogP contribution in [-0.2, 0) is 17.6 Å². The molecular weight excluding hydrogens is 264 g/mol. The number of aliphatic hydroxyl groups is 1. The molecule has 1 aromatic rings. The van der Waals surface area contributed by atoms with Gasteiger partial charge in [-0.25, -0.2) is 0 Å². The molecule has 0 amide bonds. The minimum Gasteiger partial charge on any atom is -0.493 e. The molecule has 1 saturated heterocycles. The lowest BCUT2D eigenvalue weighted by atomic mass is 9.90. The SMILES string of the molecule is CC1OCCC1C(O)Cc1cc(Cl)cc2c1OCC2. The molecule has 3 nitrogen and oxygen atoms in total. The maximum atomic E-state index is 10.4. The number of ether oxygens (including phenoxy) is 2. The summed E-state index contributed by atoms with van der Waals surface area (Å²) in [6.45, 7) is 3.48. The number of hydrogen-bond donors (Lipinski definition) is 1. The number of halogens is 1. The molecule has 19 heavy (non-hydrogen) atoms. The quantitative estimate of drug-likeness (QED) is 0.926. The highest BCUT2D eigenvalue weighted by molar-refractivity contribution is 6.30. The molecule has 3 unspecified atom stereocenters. The van der Waals surface area contributed by atoms with E-state index in [9.17, 15) is 5.11 Å². The second kappa shape index (κ2) is 5.31. The largest absolute Gasteiger partial charge is 0.493 e. The first-order chi connectivity index (χ1) is 9.15. The van der Waals surface area contributed by atoms with Crippen molar-refractivity contribution in [3.8, 4) is 5.75 Å². The molecule has 104 valence electrons. The van der Waals surface area contributed by atoms with Crippen molar-refractivity contribution in [2.24, 2.45) is 5.92 Å². The normalized spacial score (nSPS) is 27.1. The van der Waals surface area contributed by atoms with Crippen molar-refractivity contribution in [1.82, 2.24) is 0 Å². The van der Waals surface area contributed by atoms with Gasteiger partial charge in [0.05, 0.1) is 18.8 Å². The Morgan fingerprint density at radius 1 is 1.42 bits per heavy atom. The Bertz CT molecular complexity index is 475. The van der Waals surface area contributed by atoms with Gasteiger partial charge < -0.3 is 14.6 Å². The molecule has 0 saturated carbocycles. The number of aliphatic hydroxyl groups excluding tert-OH is 1. The summed E-state index contributed by atoms with van der Waals surface area (Å²) in [5.74, 6) is 1.13. The van der Waals surface area contributed by atoms with Crippen LogP contribution in [0.1, 0.15) is 24.5 Å². The third kappa shape index (κ3) is 2.60. The highest BCUT2D eigenvalue weighted by Crippen LogP contribution is 2.35. The predicted octanol–water partition coefficient (Wildman–Crippen LogP) is 2.60. The minimum atomic E-state index is -0.399. The fraction of sp³-hybridized carbons (Fsp3) is 0.600. The maximum absolute atomic E-state index is 10.4. The van der Waals surface area contributed by atoms with Gasteiger partial charge in [-0.1, -0.05) is 11.6 Å². The molecule has 2 aliphatic rings. The van der Waals surface area contributed by atoms with Crippen LogP contribution >= 0.6 is 11.6 Å². The van der Waals surface area contributed by atoms with Gasteiger partial charge in [0.2, 0.25) is 0 Å². The Hall–Kier alpha value is -0.770. The molecule has 1 aromatic carbocycles. The highest BCUT2D eigenvalue weighted by atomic mass is 35.5. The molecule has 2 aliphatic heterocycles. The van der Waals surface area contributed by atoms with E-state index in [1.165, 1.54) is 0 Å². The summed E-state index contributed by atoms with van der Waals surface area (Å²) in [5, 5.41) is 11.1. The first kappa shape index (κ1) is 13.2. The fourth-order valence-corrected chi connectivity index (χ4v) is 3.39. The van der Waals surface area contributed by atoms with E-state index in [0.29, 0.717) is 13.0 Å². The average Bonchev–Trinajstić information content (AvgIpc) is 2.97. The van der Waals surface area contributed by atoms with Gasteiger partial charge in [-0.2, -0.15) is 0 Å². The number of benzene rings is 1. The Kier molecular flexibility index (Phi) is 3.70. The zero-order valence-corrected chi connectivity index (χ0v) is 11.8. The molecule has 0 bridgehead atoms. The van der Waals surface area contributed by atoms with Crippen molar-refractivity contribution in [2.45, 2.75) is 38.4 Å². The summed E-state index contributed by atoms with van der Waals surface area (Å²) in [6, 6.07) is 3.87. The molecule has 1 fully saturated rings. The van der Waals surface area contributed by atoms with Crippen LogP contribution in [0.25, 0.3) is 0 Å². The molecule has 3 atom stereocenters. The summed E-state index contributed by atoms with van der Waals surface area (Å²) in [6.07, 6.45) is 2.14. The fourth-order valence-electron chi connectivity index (χ4n) is 3.13. The molecule has 0 radical (unpaired) electrons. The Morgan fingerprint density at radius 3 is 3.00 bits per heavy atom. The van der Waals surface area contributed by atoms with Crippen molar-refractivity contribution in [2.75, 3.05) is 13.2 Å². The third-order valence-electron chi connectivity index (χ3n) is 4.18. The number of fused-ring (bicyclic) bond motifs is 1. The van der Waals surface area contributed by atoms with Crippen LogP contribution in [0.3, 0.4) is 0 Å². The van der Waals surface area contributed by atoms with E-state index in [-0.39, 0.29) is 12.0 Å². The molecule has 1 N–H and O–H groups in total. The minimum absolute atomic E-state index is 0.128. The lowest BCUT2D eigenvalue weighted by Crippen LogP contribution is -2.28. The van der Waals surface area contributed by atoms with Crippen molar-refractivity contribution < 1.29 is 14.6 Å². The van der Waals surface area contributed by atoms with Crippen LogP contribution in [0, 0.1) is 5.92 Å². The summed E-state index contributed by atoms with van der Waals surface area (Å²) in [5.41, 5.74) is 2.18. The van der Waals surface area contributed by atoms with Crippen molar-refractivity contribution in [1.29, 1.82) is 0 Å². The standard InChI is InChI=1S/C15H19ClO3/c1-9-13(3-5-18-9)14(17)8-11-7-12(16)6-10-2-4-19-15(10)11/h6-7,9,13-14,17H,2-5,8H2,1H3. The molecular formula is C15H19ClO3. The van der Waals surface area contributed by atoms with E-state index in [1.807, 2.05) is 19.1 Å². The summed E-state index contributed by atoms with van der Waals surface area (Å²) >= 11 is 6.14.